The van der Waals surface area contributed by atoms with Gasteiger partial charge in [-0.25, -0.2) is 4.79 Å². The van der Waals surface area contributed by atoms with E-state index in [1.807, 2.05) is 18.2 Å². The number of nitrogens with zero attached hydrogens (tertiary/aromatic N) is 2. The van der Waals surface area contributed by atoms with Crippen LogP contribution in [0.1, 0.15) is 34.7 Å². The first-order valence-corrected chi connectivity index (χ1v) is 8.82. The van der Waals surface area contributed by atoms with Crippen LogP contribution < -0.4 is 9.47 Å². The molecule has 0 radical (unpaired) electrons. The monoisotopic (exact) mass is 370 g/mol. The van der Waals surface area contributed by atoms with E-state index in [1.165, 1.54) is 6.07 Å². The molecule has 7 heteroatoms. The van der Waals surface area contributed by atoms with Gasteiger partial charge in [0.1, 0.15) is 12.4 Å². The van der Waals surface area contributed by atoms with E-state index >= 15 is 0 Å². The number of furan rings is 1. The van der Waals surface area contributed by atoms with E-state index in [1.54, 1.807) is 13.2 Å². The maximum atomic E-state index is 10.9. The number of likely N-dealkylation sites (tertiary alicyclic amines) is 1. The second kappa shape index (κ2) is 8.60. The number of carboxylic acids is 1. The van der Waals surface area contributed by atoms with Gasteiger partial charge in [0.2, 0.25) is 5.76 Å². The van der Waals surface area contributed by atoms with Crippen molar-refractivity contribution in [3.05, 3.63) is 47.4 Å². The van der Waals surface area contributed by atoms with Crippen molar-refractivity contribution in [2.24, 2.45) is 5.92 Å². The highest BCUT2D eigenvalue weighted by molar-refractivity contribution is 5.84. The van der Waals surface area contributed by atoms with Gasteiger partial charge in [-0.2, -0.15) is 5.26 Å². The summed E-state index contributed by atoms with van der Waals surface area (Å²) in [5.74, 6) is 0.462. The van der Waals surface area contributed by atoms with Crippen LogP contribution >= 0.6 is 0 Å². The van der Waals surface area contributed by atoms with Crippen LogP contribution in [0.15, 0.2) is 34.7 Å². The third-order valence-corrected chi connectivity index (χ3v) is 4.56. The first-order valence-electron chi connectivity index (χ1n) is 8.82. The standard InChI is InChI=1S/C20H22N2O5/c1-25-19-9-14(11-22-8-2-3-15(10-21)12-22)4-6-17(19)26-13-16-5-7-18(27-16)20(23)24/h4-7,9,15H,2-3,8,11-13H2,1H3,(H,23,24). The summed E-state index contributed by atoms with van der Waals surface area (Å²) in [7, 11) is 1.58. The smallest absolute Gasteiger partial charge is 0.371 e. The Kier molecular flexibility index (Phi) is 5.99. The van der Waals surface area contributed by atoms with Gasteiger partial charge in [0.25, 0.3) is 0 Å². The molecule has 3 rings (SSSR count). The number of ether oxygens (including phenoxy) is 2. The third-order valence-electron chi connectivity index (χ3n) is 4.56. The average Bonchev–Trinajstić information content (AvgIpc) is 3.16. The largest absolute Gasteiger partial charge is 0.493 e. The second-order valence-electron chi connectivity index (χ2n) is 6.55. The number of benzene rings is 1. The summed E-state index contributed by atoms with van der Waals surface area (Å²) in [4.78, 5) is 13.1. The maximum absolute atomic E-state index is 10.9. The maximum Gasteiger partial charge on any atom is 0.371 e. The van der Waals surface area contributed by atoms with E-state index in [0.717, 1.165) is 38.0 Å². The molecule has 0 bridgehead atoms. The van der Waals surface area contributed by atoms with Crippen molar-refractivity contribution in [3.63, 3.8) is 0 Å². The summed E-state index contributed by atoms with van der Waals surface area (Å²) in [6.45, 7) is 2.65. The zero-order chi connectivity index (χ0) is 19.2. The lowest BCUT2D eigenvalue weighted by molar-refractivity contribution is 0.0658. The zero-order valence-electron chi connectivity index (χ0n) is 15.2. The molecule has 1 unspecified atom stereocenters. The predicted molar refractivity (Wildman–Crippen MR) is 96.6 cm³/mol. The molecule has 2 aromatic rings. The van der Waals surface area contributed by atoms with Crippen molar-refractivity contribution in [2.75, 3.05) is 20.2 Å². The van der Waals surface area contributed by atoms with Gasteiger partial charge < -0.3 is 19.0 Å². The van der Waals surface area contributed by atoms with Gasteiger partial charge in [-0.3, -0.25) is 4.90 Å². The molecule has 0 saturated carbocycles. The van der Waals surface area contributed by atoms with E-state index in [0.29, 0.717) is 17.3 Å². The molecule has 1 aromatic carbocycles. The molecular weight excluding hydrogens is 348 g/mol. The Labute approximate surface area is 157 Å². The van der Waals surface area contributed by atoms with Crippen molar-refractivity contribution in [1.82, 2.24) is 4.90 Å². The lowest BCUT2D eigenvalue weighted by Crippen LogP contribution is -2.34. The fraction of sp³-hybridized carbons (Fsp3) is 0.400. The lowest BCUT2D eigenvalue weighted by atomic mass is 9.99. The van der Waals surface area contributed by atoms with E-state index in [-0.39, 0.29) is 18.3 Å². The van der Waals surface area contributed by atoms with E-state index < -0.39 is 5.97 Å². The number of hydrogen-bond donors (Lipinski definition) is 1. The Bertz CT molecular complexity index is 839. The van der Waals surface area contributed by atoms with Crippen LogP contribution in [0.25, 0.3) is 0 Å². The van der Waals surface area contributed by atoms with Gasteiger partial charge in [-0.15, -0.1) is 0 Å². The normalized spacial score (nSPS) is 17.3. The van der Waals surface area contributed by atoms with Crippen LogP contribution in [-0.4, -0.2) is 36.2 Å². The first kappa shape index (κ1) is 18.8. The number of carboxylic acid groups (broad SMARTS) is 1. The van der Waals surface area contributed by atoms with Gasteiger partial charge in [0, 0.05) is 13.1 Å². The predicted octanol–water partition coefficient (Wildman–Crippen LogP) is 3.30. The number of piperidine rings is 1. The summed E-state index contributed by atoms with van der Waals surface area (Å²) in [6.07, 6.45) is 2.01. The quantitative estimate of drug-likeness (QED) is 0.799. The molecule has 1 atom stereocenters. The van der Waals surface area contributed by atoms with Gasteiger partial charge in [0.05, 0.1) is 19.1 Å². The van der Waals surface area contributed by atoms with Gasteiger partial charge >= 0.3 is 5.97 Å². The molecule has 1 saturated heterocycles. The average molecular weight is 370 g/mol. The van der Waals surface area contributed by atoms with Crippen LogP contribution in [0, 0.1) is 17.2 Å². The molecule has 27 heavy (non-hydrogen) atoms. The number of methoxy groups -OCH3 is 1. The molecular formula is C20H22N2O5. The number of rotatable bonds is 7. The minimum absolute atomic E-state index is 0.104. The third kappa shape index (κ3) is 4.80. The molecule has 1 aliphatic heterocycles. The lowest BCUT2D eigenvalue weighted by Gasteiger charge is -2.29. The molecule has 7 nitrogen and oxygen atoms in total. The Balaban J connectivity index is 1.63. The highest BCUT2D eigenvalue weighted by Gasteiger charge is 2.20. The van der Waals surface area contributed by atoms with Gasteiger partial charge in [-0.05, 0) is 49.2 Å². The number of carbonyl (C=O) groups is 1. The molecule has 1 aromatic heterocycles. The van der Waals surface area contributed by atoms with Crippen molar-refractivity contribution >= 4 is 5.97 Å². The topological polar surface area (TPSA) is 95.9 Å². The van der Waals surface area contributed by atoms with Crippen LogP contribution in [-0.2, 0) is 13.2 Å². The van der Waals surface area contributed by atoms with Crippen molar-refractivity contribution < 1.29 is 23.8 Å². The fourth-order valence-electron chi connectivity index (χ4n) is 3.21. The summed E-state index contributed by atoms with van der Waals surface area (Å²) in [6, 6.07) is 11.1. The number of nitriles is 1. The molecule has 1 fully saturated rings. The molecule has 2 heterocycles. The summed E-state index contributed by atoms with van der Waals surface area (Å²) in [5, 5.41) is 18.0. The molecule has 0 aliphatic carbocycles. The van der Waals surface area contributed by atoms with Gasteiger partial charge in [-0.1, -0.05) is 6.07 Å². The van der Waals surface area contributed by atoms with Crippen LogP contribution in [0.3, 0.4) is 0 Å². The highest BCUT2D eigenvalue weighted by atomic mass is 16.5. The van der Waals surface area contributed by atoms with Crippen molar-refractivity contribution in [3.8, 4) is 17.6 Å². The first-order chi connectivity index (χ1) is 13.1. The molecule has 1 aliphatic rings. The van der Waals surface area contributed by atoms with E-state index in [9.17, 15) is 4.79 Å². The summed E-state index contributed by atoms with van der Waals surface area (Å²) in [5.41, 5.74) is 1.09. The SMILES string of the molecule is COc1cc(CN2CCCC(C#N)C2)ccc1OCc1ccc(C(=O)O)o1. The minimum atomic E-state index is -1.11. The summed E-state index contributed by atoms with van der Waals surface area (Å²) < 4.78 is 16.3. The molecule has 0 spiro atoms. The number of aromatic carboxylic acids is 1. The number of hydrogen-bond acceptors (Lipinski definition) is 6. The van der Waals surface area contributed by atoms with Crippen LogP contribution in [0.2, 0.25) is 0 Å². The van der Waals surface area contributed by atoms with E-state index in [2.05, 4.69) is 11.0 Å². The fourth-order valence-corrected chi connectivity index (χ4v) is 3.21. The zero-order valence-corrected chi connectivity index (χ0v) is 15.2. The highest BCUT2D eigenvalue weighted by Crippen LogP contribution is 2.30. The van der Waals surface area contributed by atoms with Crippen molar-refractivity contribution in [1.29, 1.82) is 5.26 Å². The summed E-state index contributed by atoms with van der Waals surface area (Å²) >= 11 is 0. The Morgan fingerprint density at radius 3 is 2.93 bits per heavy atom. The van der Waals surface area contributed by atoms with E-state index in [4.69, 9.17) is 24.3 Å². The van der Waals surface area contributed by atoms with Crippen LogP contribution in [0.5, 0.6) is 11.5 Å². The Morgan fingerprint density at radius 2 is 2.22 bits per heavy atom. The van der Waals surface area contributed by atoms with Crippen LogP contribution in [0.4, 0.5) is 0 Å². The molecule has 1 N–H and O–H groups in total. The Morgan fingerprint density at radius 1 is 1.37 bits per heavy atom. The molecule has 142 valence electrons. The minimum Gasteiger partial charge on any atom is -0.493 e. The van der Waals surface area contributed by atoms with Crippen molar-refractivity contribution in [2.45, 2.75) is 26.0 Å². The van der Waals surface area contributed by atoms with Gasteiger partial charge in [0.15, 0.2) is 11.5 Å². The second-order valence-corrected chi connectivity index (χ2v) is 6.55. The Hall–Kier alpha value is -2.98. The molecule has 0 amide bonds.